The van der Waals surface area contributed by atoms with Gasteiger partial charge in [-0.05, 0) is 13.8 Å². The molecule has 0 saturated carbocycles. The minimum atomic E-state index is -0.292. The van der Waals surface area contributed by atoms with Crippen molar-refractivity contribution in [3.05, 3.63) is 0 Å². The Kier molecular flexibility index (Phi) is 3.20. The average Bonchev–Trinajstić information content (AvgIpc) is 2.01. The lowest BCUT2D eigenvalue weighted by molar-refractivity contribution is -0.152. The van der Waals surface area contributed by atoms with Crippen molar-refractivity contribution in [1.29, 1.82) is 0 Å². The number of carbonyl (C=O) groups excluding carboxylic acids is 1. The summed E-state index contributed by atoms with van der Waals surface area (Å²) in [6.07, 6.45) is 0. The fraction of sp³-hybridized carbons (Fsp3) is 0.909. The SMILES string of the molecule is C[C@@H]1COC[C@H](C)N1C(=O)C(C)(C)C. The topological polar surface area (TPSA) is 29.5 Å². The lowest BCUT2D eigenvalue weighted by Crippen LogP contribution is -2.55. The van der Waals surface area contributed by atoms with Crippen molar-refractivity contribution in [2.75, 3.05) is 13.2 Å². The summed E-state index contributed by atoms with van der Waals surface area (Å²) in [6, 6.07) is 0.399. The molecule has 1 fully saturated rings. The van der Waals surface area contributed by atoms with Crippen molar-refractivity contribution in [3.63, 3.8) is 0 Å². The van der Waals surface area contributed by atoms with E-state index in [-0.39, 0.29) is 23.4 Å². The number of hydrogen-bond acceptors (Lipinski definition) is 2. The second-order valence-corrected chi connectivity index (χ2v) is 5.20. The minimum absolute atomic E-state index is 0.200. The maximum absolute atomic E-state index is 12.1. The molecule has 1 heterocycles. The van der Waals surface area contributed by atoms with Gasteiger partial charge in [0.15, 0.2) is 0 Å². The fourth-order valence-corrected chi connectivity index (χ4v) is 1.79. The minimum Gasteiger partial charge on any atom is -0.377 e. The smallest absolute Gasteiger partial charge is 0.228 e. The molecule has 2 atom stereocenters. The van der Waals surface area contributed by atoms with Crippen LogP contribution in [-0.4, -0.2) is 36.1 Å². The first-order chi connectivity index (χ1) is 6.34. The predicted octanol–water partition coefficient (Wildman–Crippen LogP) is 1.67. The first kappa shape index (κ1) is 11.5. The zero-order chi connectivity index (χ0) is 10.9. The molecular formula is C11H21NO2. The van der Waals surface area contributed by atoms with Crippen molar-refractivity contribution in [2.24, 2.45) is 5.41 Å². The van der Waals surface area contributed by atoms with Gasteiger partial charge in [0.2, 0.25) is 5.91 Å². The lowest BCUT2D eigenvalue weighted by Gasteiger charge is -2.41. The van der Waals surface area contributed by atoms with Crippen LogP contribution in [0.3, 0.4) is 0 Å². The molecule has 1 amide bonds. The number of carbonyl (C=O) groups is 1. The molecule has 0 N–H and O–H groups in total. The monoisotopic (exact) mass is 199 g/mol. The van der Waals surface area contributed by atoms with Crippen molar-refractivity contribution in [2.45, 2.75) is 46.7 Å². The maximum Gasteiger partial charge on any atom is 0.228 e. The van der Waals surface area contributed by atoms with Gasteiger partial charge in [0.05, 0.1) is 25.3 Å². The summed E-state index contributed by atoms with van der Waals surface area (Å²) in [5.41, 5.74) is -0.292. The number of morpholine rings is 1. The zero-order valence-corrected chi connectivity index (χ0v) is 9.83. The Balaban J connectivity index is 2.78. The summed E-state index contributed by atoms with van der Waals surface area (Å²) >= 11 is 0. The molecule has 1 rings (SSSR count). The van der Waals surface area contributed by atoms with Gasteiger partial charge in [0.1, 0.15) is 0 Å². The van der Waals surface area contributed by atoms with Gasteiger partial charge in [-0.1, -0.05) is 20.8 Å². The average molecular weight is 199 g/mol. The lowest BCUT2D eigenvalue weighted by atomic mass is 9.93. The van der Waals surface area contributed by atoms with Gasteiger partial charge >= 0.3 is 0 Å². The third kappa shape index (κ3) is 2.27. The number of amides is 1. The van der Waals surface area contributed by atoms with Crippen molar-refractivity contribution < 1.29 is 9.53 Å². The van der Waals surface area contributed by atoms with Gasteiger partial charge in [-0.2, -0.15) is 0 Å². The molecule has 1 saturated heterocycles. The van der Waals surface area contributed by atoms with Gasteiger partial charge in [0, 0.05) is 5.41 Å². The second kappa shape index (κ2) is 3.89. The zero-order valence-electron chi connectivity index (χ0n) is 9.83. The van der Waals surface area contributed by atoms with E-state index in [4.69, 9.17) is 4.74 Å². The van der Waals surface area contributed by atoms with Crippen LogP contribution in [0.15, 0.2) is 0 Å². The van der Waals surface area contributed by atoms with E-state index in [1.807, 2.05) is 39.5 Å². The molecule has 3 nitrogen and oxygen atoms in total. The van der Waals surface area contributed by atoms with E-state index < -0.39 is 0 Å². The van der Waals surface area contributed by atoms with E-state index in [1.54, 1.807) is 0 Å². The van der Waals surface area contributed by atoms with Crippen LogP contribution in [0, 0.1) is 5.41 Å². The van der Waals surface area contributed by atoms with Gasteiger partial charge in [0.25, 0.3) is 0 Å². The van der Waals surface area contributed by atoms with E-state index in [9.17, 15) is 4.79 Å². The molecule has 0 aliphatic carbocycles. The van der Waals surface area contributed by atoms with E-state index in [0.29, 0.717) is 13.2 Å². The quantitative estimate of drug-likeness (QED) is 0.594. The van der Waals surface area contributed by atoms with Crippen LogP contribution in [0.4, 0.5) is 0 Å². The Morgan fingerprint density at radius 1 is 1.21 bits per heavy atom. The molecule has 0 radical (unpaired) electrons. The van der Waals surface area contributed by atoms with Crippen LogP contribution in [0.1, 0.15) is 34.6 Å². The van der Waals surface area contributed by atoms with Crippen LogP contribution in [0.5, 0.6) is 0 Å². The molecule has 1 aliphatic rings. The normalized spacial score (nSPS) is 29.1. The second-order valence-electron chi connectivity index (χ2n) is 5.20. The van der Waals surface area contributed by atoms with Crippen LogP contribution in [0.25, 0.3) is 0 Å². The highest BCUT2D eigenvalue weighted by Gasteiger charge is 2.35. The highest BCUT2D eigenvalue weighted by atomic mass is 16.5. The Bertz CT molecular complexity index is 210. The standard InChI is InChI=1S/C11H21NO2/c1-8-6-14-7-9(2)12(8)10(13)11(3,4)5/h8-9H,6-7H2,1-5H3/t8-,9+. The van der Waals surface area contributed by atoms with Crippen LogP contribution < -0.4 is 0 Å². The first-order valence-corrected chi connectivity index (χ1v) is 5.24. The Labute approximate surface area is 86.4 Å². The third-order valence-corrected chi connectivity index (χ3v) is 2.54. The summed E-state index contributed by atoms with van der Waals surface area (Å²) in [4.78, 5) is 14.1. The summed E-state index contributed by atoms with van der Waals surface area (Å²) < 4.78 is 5.39. The predicted molar refractivity (Wildman–Crippen MR) is 56.0 cm³/mol. The number of nitrogens with zero attached hydrogens (tertiary/aromatic N) is 1. The van der Waals surface area contributed by atoms with Crippen LogP contribution in [-0.2, 0) is 9.53 Å². The Hall–Kier alpha value is -0.570. The molecule has 82 valence electrons. The molecule has 0 unspecified atom stereocenters. The van der Waals surface area contributed by atoms with Gasteiger partial charge in [-0.3, -0.25) is 4.79 Å². The van der Waals surface area contributed by atoms with Crippen LogP contribution >= 0.6 is 0 Å². The molecule has 14 heavy (non-hydrogen) atoms. The number of hydrogen-bond donors (Lipinski definition) is 0. The van der Waals surface area contributed by atoms with Crippen molar-refractivity contribution >= 4 is 5.91 Å². The molecule has 3 heteroatoms. The van der Waals surface area contributed by atoms with E-state index >= 15 is 0 Å². The van der Waals surface area contributed by atoms with E-state index in [1.165, 1.54) is 0 Å². The molecule has 1 aliphatic heterocycles. The molecule has 0 aromatic heterocycles. The highest BCUT2D eigenvalue weighted by molar-refractivity contribution is 5.82. The summed E-state index contributed by atoms with van der Waals surface area (Å²) in [5.74, 6) is 0.223. The summed E-state index contributed by atoms with van der Waals surface area (Å²) in [5, 5.41) is 0. The van der Waals surface area contributed by atoms with Crippen LogP contribution in [0.2, 0.25) is 0 Å². The van der Waals surface area contributed by atoms with Gasteiger partial charge in [-0.25, -0.2) is 0 Å². The molecule has 0 bridgehead atoms. The molecular weight excluding hydrogens is 178 g/mol. The highest BCUT2D eigenvalue weighted by Crippen LogP contribution is 2.23. The number of ether oxygens (including phenoxy) is 1. The van der Waals surface area contributed by atoms with Gasteiger partial charge < -0.3 is 9.64 Å². The molecule has 0 aromatic carbocycles. The van der Waals surface area contributed by atoms with Gasteiger partial charge in [-0.15, -0.1) is 0 Å². The molecule has 0 aromatic rings. The third-order valence-electron chi connectivity index (χ3n) is 2.54. The maximum atomic E-state index is 12.1. The first-order valence-electron chi connectivity index (χ1n) is 5.24. The summed E-state index contributed by atoms with van der Waals surface area (Å²) in [7, 11) is 0. The Morgan fingerprint density at radius 2 is 1.64 bits per heavy atom. The summed E-state index contributed by atoms with van der Waals surface area (Å²) in [6.45, 7) is 11.3. The van der Waals surface area contributed by atoms with Crippen molar-refractivity contribution in [1.82, 2.24) is 4.90 Å². The van der Waals surface area contributed by atoms with Crippen molar-refractivity contribution in [3.8, 4) is 0 Å². The van der Waals surface area contributed by atoms with E-state index in [0.717, 1.165) is 0 Å². The van der Waals surface area contributed by atoms with E-state index in [2.05, 4.69) is 0 Å². The largest absolute Gasteiger partial charge is 0.377 e. The molecule has 0 spiro atoms. The number of rotatable bonds is 0. The fourth-order valence-electron chi connectivity index (χ4n) is 1.79. The Morgan fingerprint density at radius 3 is 2.00 bits per heavy atom.